The lowest BCUT2D eigenvalue weighted by Gasteiger charge is -2.35. The molecule has 0 bridgehead atoms. The van der Waals surface area contributed by atoms with Crippen molar-refractivity contribution in [3.05, 3.63) is 45.4 Å². The monoisotopic (exact) mass is 748 g/mol. The predicted octanol–water partition coefficient (Wildman–Crippen LogP) is 4.20. The third kappa shape index (κ3) is 7.31. The van der Waals surface area contributed by atoms with Crippen LogP contribution in [0, 0.1) is 11.3 Å². The molecule has 4 amide bonds. The van der Waals surface area contributed by atoms with Gasteiger partial charge >= 0.3 is 6.09 Å². The van der Waals surface area contributed by atoms with E-state index in [2.05, 4.69) is 20.3 Å². The van der Waals surface area contributed by atoms with Crippen LogP contribution in [0.25, 0.3) is 0 Å². The molecule has 50 heavy (non-hydrogen) atoms. The van der Waals surface area contributed by atoms with Crippen LogP contribution in [-0.4, -0.2) is 82.5 Å². The van der Waals surface area contributed by atoms with E-state index in [-0.39, 0.29) is 37.8 Å². The lowest BCUT2D eigenvalue weighted by molar-refractivity contribution is -0.141. The number of sulfonamides is 1. The molecule has 5 atom stereocenters. The Bertz CT molecular complexity index is 1790. The molecule has 13 nitrogen and oxygen atoms in total. The Hall–Kier alpha value is -3.43. The second-order valence-corrected chi connectivity index (χ2v) is 18.3. The van der Waals surface area contributed by atoms with E-state index >= 15 is 0 Å². The minimum Gasteiger partial charge on any atom is -0.444 e. The fraction of sp³-hybridized carbons (Fsp3) is 0.618. The van der Waals surface area contributed by atoms with Crippen molar-refractivity contribution < 1.29 is 32.3 Å². The highest BCUT2D eigenvalue weighted by atomic mass is 35.5. The second-order valence-electron chi connectivity index (χ2n) is 14.9. The molecule has 2 aliphatic heterocycles. The van der Waals surface area contributed by atoms with Gasteiger partial charge in [0.15, 0.2) is 5.13 Å². The molecule has 272 valence electrons. The molecule has 1 aromatic carbocycles. The van der Waals surface area contributed by atoms with Crippen LogP contribution in [0.15, 0.2) is 24.4 Å². The molecule has 0 radical (unpaired) electrons. The number of nitrogens with zero attached hydrogens (tertiary/aromatic N) is 3. The first-order valence-corrected chi connectivity index (χ1v) is 19.9. The summed E-state index contributed by atoms with van der Waals surface area (Å²) in [5.41, 5.74) is -0.268. The minimum atomic E-state index is -3.85. The number of benzene rings is 1. The predicted molar refractivity (Wildman–Crippen MR) is 189 cm³/mol. The summed E-state index contributed by atoms with van der Waals surface area (Å²) in [5.74, 6) is -2.03. The number of aromatic nitrogens is 1. The SMILES string of the molecule is CCc1cnc(N[C@H](C(=O)N2C[C@H](OC(=O)N3Cc4cccc(Cl)c4C3)C[C@H]2C(=O)N[C@]2(C(=O)NS(=O)(=O)C3CC3)C[C@H]2CC)C(C)(C)C)s1. The summed E-state index contributed by atoms with van der Waals surface area (Å²) < 4.78 is 33.5. The molecule has 6 rings (SSSR count). The van der Waals surface area contributed by atoms with Crippen LogP contribution in [-0.2, 0) is 48.7 Å². The Labute approximate surface area is 301 Å². The highest BCUT2D eigenvalue weighted by Crippen LogP contribution is 2.47. The van der Waals surface area contributed by atoms with Crippen molar-refractivity contribution >= 4 is 61.9 Å². The van der Waals surface area contributed by atoms with Crippen molar-refractivity contribution in [3.63, 3.8) is 0 Å². The lowest BCUT2D eigenvalue weighted by Crippen LogP contribution is -2.58. The van der Waals surface area contributed by atoms with Gasteiger partial charge in [0.1, 0.15) is 23.7 Å². The van der Waals surface area contributed by atoms with Gasteiger partial charge in [-0.2, -0.15) is 0 Å². The van der Waals surface area contributed by atoms with Crippen LogP contribution < -0.4 is 15.4 Å². The number of anilines is 1. The first-order chi connectivity index (χ1) is 23.6. The van der Waals surface area contributed by atoms with Crippen LogP contribution in [0.2, 0.25) is 5.02 Å². The van der Waals surface area contributed by atoms with Crippen molar-refractivity contribution in [2.75, 3.05) is 11.9 Å². The summed E-state index contributed by atoms with van der Waals surface area (Å²) in [6.07, 6.45) is 2.91. The van der Waals surface area contributed by atoms with Crippen LogP contribution in [0.1, 0.15) is 82.7 Å². The summed E-state index contributed by atoms with van der Waals surface area (Å²) >= 11 is 7.81. The maximum absolute atomic E-state index is 14.5. The van der Waals surface area contributed by atoms with E-state index in [1.54, 1.807) is 12.3 Å². The Morgan fingerprint density at radius 3 is 2.50 bits per heavy atom. The van der Waals surface area contributed by atoms with Crippen LogP contribution in [0.3, 0.4) is 0 Å². The molecule has 2 aromatic rings. The Balaban J connectivity index is 1.24. The summed E-state index contributed by atoms with van der Waals surface area (Å²) in [5, 5.41) is 6.67. The van der Waals surface area contributed by atoms with Gasteiger partial charge in [-0.1, -0.05) is 64.8 Å². The average molecular weight is 749 g/mol. The third-order valence-electron chi connectivity index (χ3n) is 10.1. The number of carbonyl (C=O) groups is 4. The number of thiazole rings is 1. The van der Waals surface area contributed by atoms with Gasteiger partial charge in [-0.05, 0) is 54.2 Å². The summed E-state index contributed by atoms with van der Waals surface area (Å²) in [4.78, 5) is 64.0. The highest BCUT2D eigenvalue weighted by molar-refractivity contribution is 7.91. The maximum atomic E-state index is 14.5. The van der Waals surface area contributed by atoms with Gasteiger partial charge in [0.05, 0.1) is 18.3 Å². The third-order valence-corrected chi connectivity index (χ3v) is 13.4. The van der Waals surface area contributed by atoms with Crippen LogP contribution >= 0.6 is 22.9 Å². The van der Waals surface area contributed by atoms with Gasteiger partial charge in [-0.25, -0.2) is 18.2 Å². The second kappa shape index (κ2) is 13.6. The van der Waals surface area contributed by atoms with E-state index in [4.69, 9.17) is 16.3 Å². The molecule has 3 fully saturated rings. The number of ether oxygens (including phenoxy) is 1. The summed E-state index contributed by atoms with van der Waals surface area (Å²) in [7, 11) is -3.85. The van der Waals surface area contributed by atoms with Crippen molar-refractivity contribution in [2.24, 2.45) is 11.3 Å². The summed E-state index contributed by atoms with van der Waals surface area (Å²) in [6.45, 7) is 10.2. The van der Waals surface area contributed by atoms with Gasteiger partial charge in [0.25, 0.3) is 5.91 Å². The Kier molecular flexibility index (Phi) is 9.89. The largest absolute Gasteiger partial charge is 0.444 e. The zero-order chi connectivity index (χ0) is 36.2. The first-order valence-electron chi connectivity index (χ1n) is 17.2. The summed E-state index contributed by atoms with van der Waals surface area (Å²) in [6, 6.07) is 3.60. The zero-order valence-corrected chi connectivity index (χ0v) is 31.3. The quantitative estimate of drug-likeness (QED) is 0.305. The maximum Gasteiger partial charge on any atom is 0.410 e. The fourth-order valence-electron chi connectivity index (χ4n) is 6.87. The lowest BCUT2D eigenvalue weighted by atomic mass is 9.85. The molecule has 0 spiro atoms. The topological polar surface area (TPSA) is 167 Å². The number of nitrogens with one attached hydrogen (secondary N) is 3. The fourth-order valence-corrected chi connectivity index (χ4v) is 9.27. The van der Waals surface area contributed by atoms with Gasteiger partial charge in [0, 0.05) is 29.1 Å². The number of hydrogen-bond donors (Lipinski definition) is 3. The van der Waals surface area contributed by atoms with Gasteiger partial charge < -0.3 is 20.3 Å². The zero-order valence-electron chi connectivity index (χ0n) is 29.0. The van der Waals surface area contributed by atoms with E-state index in [1.807, 2.05) is 46.8 Å². The number of rotatable bonds is 11. The molecular weight excluding hydrogens is 704 g/mol. The van der Waals surface area contributed by atoms with E-state index in [1.165, 1.54) is 21.1 Å². The van der Waals surface area contributed by atoms with E-state index in [9.17, 15) is 27.6 Å². The number of amides is 4. The number of likely N-dealkylation sites (tertiary alicyclic amines) is 1. The van der Waals surface area contributed by atoms with Crippen molar-refractivity contribution in [1.82, 2.24) is 24.8 Å². The van der Waals surface area contributed by atoms with Crippen LogP contribution in [0.5, 0.6) is 0 Å². The number of fused-ring (bicyclic) bond motifs is 1. The van der Waals surface area contributed by atoms with E-state index in [0.29, 0.717) is 36.0 Å². The van der Waals surface area contributed by atoms with E-state index in [0.717, 1.165) is 22.4 Å². The van der Waals surface area contributed by atoms with E-state index < -0.39 is 62.3 Å². The van der Waals surface area contributed by atoms with Crippen molar-refractivity contribution in [3.8, 4) is 0 Å². The van der Waals surface area contributed by atoms with Gasteiger partial charge in [-0.3, -0.25) is 24.0 Å². The number of carbonyl (C=O) groups excluding carboxylic acids is 4. The van der Waals surface area contributed by atoms with Crippen molar-refractivity contribution in [2.45, 2.75) is 115 Å². The molecule has 1 saturated heterocycles. The highest BCUT2D eigenvalue weighted by Gasteiger charge is 2.62. The van der Waals surface area contributed by atoms with Crippen molar-refractivity contribution in [1.29, 1.82) is 0 Å². The average Bonchev–Trinajstić information content (AvgIpc) is 3.86. The molecule has 3 heterocycles. The standard InChI is InChI=1S/C34H45ClN6O7S2/c1-6-20-14-34(20,30(44)39-50(46,47)23-11-12-23)38-28(42)26-13-21(48-32(45)40-16-19-9-8-10-25(35)24(19)18-40)17-41(26)29(43)27(33(3,4)5)37-31-36-15-22(7-2)49-31/h8-10,15,20-21,23,26-27H,6-7,11-14,16-18H2,1-5H3,(H,36,37)(H,38,42)(H,39,44)/t20-,21-,26+,27-,34-/m1/s1. The molecule has 3 N–H and O–H groups in total. The molecule has 16 heteroatoms. The van der Waals surface area contributed by atoms with Gasteiger partial charge in [0.2, 0.25) is 21.8 Å². The smallest absolute Gasteiger partial charge is 0.410 e. The molecule has 4 aliphatic rings. The Morgan fingerprint density at radius 2 is 1.90 bits per heavy atom. The molecule has 0 unspecified atom stereocenters. The molecular formula is C34H45ClN6O7S2. The normalized spacial score (nSPS) is 25.1. The van der Waals surface area contributed by atoms with Crippen LogP contribution in [0.4, 0.5) is 9.93 Å². The van der Waals surface area contributed by atoms with Gasteiger partial charge in [-0.15, -0.1) is 11.3 Å². The molecule has 2 saturated carbocycles. The number of hydrogen-bond acceptors (Lipinski definition) is 10. The number of halogens is 1. The minimum absolute atomic E-state index is 0.00613. The molecule has 1 aromatic heterocycles. The molecule has 2 aliphatic carbocycles. The first kappa shape index (κ1) is 36.4. The Morgan fingerprint density at radius 1 is 1.16 bits per heavy atom. The number of aryl methyl sites for hydroxylation is 1.